The molecule has 0 aromatic carbocycles. The zero-order valence-corrected chi connectivity index (χ0v) is 13.9. The van der Waals surface area contributed by atoms with E-state index in [0.717, 1.165) is 33.0 Å². The summed E-state index contributed by atoms with van der Waals surface area (Å²) in [6, 6.07) is 0.446. The fourth-order valence-corrected chi connectivity index (χ4v) is 6.48. The summed E-state index contributed by atoms with van der Waals surface area (Å²) in [6.45, 7) is 1.94. The van der Waals surface area contributed by atoms with Crippen LogP contribution < -0.4 is 5.32 Å². The molecule has 4 fully saturated rings. The average molecular weight is 323 g/mol. The molecule has 21 heavy (non-hydrogen) atoms. The minimum atomic E-state index is 0.172. The molecule has 4 bridgehead atoms. The number of aryl methyl sites for hydroxylation is 1. The van der Waals surface area contributed by atoms with Crippen LogP contribution in [0.15, 0.2) is 4.34 Å². The second-order valence-corrected chi connectivity index (χ2v) is 9.30. The molecule has 0 radical (unpaired) electrons. The molecule has 4 nitrogen and oxygen atoms in total. The molecule has 4 aliphatic carbocycles. The number of nitrogens with one attached hydrogen (secondary N) is 1. The van der Waals surface area contributed by atoms with Gasteiger partial charge in [0.1, 0.15) is 5.01 Å². The third-order valence-corrected chi connectivity index (χ3v) is 7.36. The van der Waals surface area contributed by atoms with Gasteiger partial charge in [-0.05, 0) is 62.7 Å². The van der Waals surface area contributed by atoms with Gasteiger partial charge >= 0.3 is 0 Å². The minimum absolute atomic E-state index is 0.172. The van der Waals surface area contributed by atoms with Crippen molar-refractivity contribution in [1.82, 2.24) is 15.5 Å². The standard InChI is InChI=1S/C15H21N3OS2/c1-8-17-18-15(21-8)20-7-13(19)16-14-11-3-9-2-10(5-11)6-12(14)4-9/h9-12,14H,2-7H2,1H3,(H,16,19). The first-order chi connectivity index (χ1) is 10.2. The van der Waals surface area contributed by atoms with Gasteiger partial charge in [-0.25, -0.2) is 0 Å². The van der Waals surface area contributed by atoms with Crippen molar-refractivity contribution >= 4 is 29.0 Å². The number of aromatic nitrogens is 2. The van der Waals surface area contributed by atoms with Crippen molar-refractivity contribution < 1.29 is 4.79 Å². The number of amides is 1. The number of nitrogens with zero attached hydrogens (tertiary/aromatic N) is 2. The van der Waals surface area contributed by atoms with Crippen molar-refractivity contribution in [3.63, 3.8) is 0 Å². The Balaban J connectivity index is 1.32. The Hall–Kier alpha value is -0.620. The summed E-state index contributed by atoms with van der Waals surface area (Å²) in [5.74, 6) is 4.05. The van der Waals surface area contributed by atoms with Crippen LogP contribution in [0.3, 0.4) is 0 Å². The van der Waals surface area contributed by atoms with Crippen LogP contribution in [0.5, 0.6) is 0 Å². The summed E-state index contributed by atoms with van der Waals surface area (Å²) in [7, 11) is 0. The predicted molar refractivity (Wildman–Crippen MR) is 84.3 cm³/mol. The lowest BCUT2D eigenvalue weighted by Crippen LogP contribution is -2.56. The fraction of sp³-hybridized carbons (Fsp3) is 0.800. The second kappa shape index (κ2) is 5.54. The van der Waals surface area contributed by atoms with Gasteiger partial charge in [0.15, 0.2) is 4.34 Å². The Bertz CT molecular complexity index is 517. The largest absolute Gasteiger partial charge is 0.352 e. The summed E-state index contributed by atoms with van der Waals surface area (Å²) in [4.78, 5) is 12.2. The van der Waals surface area contributed by atoms with Crippen molar-refractivity contribution in [2.24, 2.45) is 23.7 Å². The highest BCUT2D eigenvalue weighted by Crippen LogP contribution is 2.53. The van der Waals surface area contributed by atoms with E-state index in [9.17, 15) is 4.79 Å². The molecule has 0 atom stereocenters. The van der Waals surface area contributed by atoms with E-state index in [2.05, 4.69) is 15.5 Å². The maximum absolute atomic E-state index is 12.2. The molecule has 1 heterocycles. The zero-order chi connectivity index (χ0) is 14.4. The fourth-order valence-electron chi connectivity index (χ4n) is 4.85. The second-order valence-electron chi connectivity index (χ2n) is 6.90. The molecule has 1 amide bonds. The van der Waals surface area contributed by atoms with Gasteiger partial charge in [0.05, 0.1) is 5.75 Å². The molecule has 0 unspecified atom stereocenters. The van der Waals surface area contributed by atoms with Crippen LogP contribution in [0.25, 0.3) is 0 Å². The van der Waals surface area contributed by atoms with Crippen LogP contribution in [-0.2, 0) is 4.79 Å². The third-order valence-electron chi connectivity index (χ3n) is 5.39. The summed E-state index contributed by atoms with van der Waals surface area (Å²) in [5, 5.41) is 12.3. The first kappa shape index (κ1) is 14.0. The van der Waals surface area contributed by atoms with Crippen LogP contribution in [0.4, 0.5) is 0 Å². The Kier molecular flexibility index (Phi) is 3.69. The van der Waals surface area contributed by atoms with Crippen LogP contribution in [0.2, 0.25) is 0 Å². The van der Waals surface area contributed by atoms with Crippen LogP contribution in [-0.4, -0.2) is 27.9 Å². The average Bonchev–Trinajstić information content (AvgIpc) is 2.85. The monoisotopic (exact) mass is 323 g/mol. The Morgan fingerprint density at radius 2 is 1.86 bits per heavy atom. The quantitative estimate of drug-likeness (QED) is 0.866. The van der Waals surface area contributed by atoms with E-state index in [0.29, 0.717) is 11.8 Å². The highest BCUT2D eigenvalue weighted by atomic mass is 32.2. The normalized spacial score (nSPS) is 36.9. The van der Waals surface area contributed by atoms with Crippen molar-refractivity contribution in [3.05, 3.63) is 5.01 Å². The summed E-state index contributed by atoms with van der Waals surface area (Å²) in [5.41, 5.74) is 0. The lowest BCUT2D eigenvalue weighted by molar-refractivity contribution is -0.122. The lowest BCUT2D eigenvalue weighted by atomic mass is 9.54. The predicted octanol–water partition coefficient (Wildman–Crippen LogP) is 2.88. The molecule has 1 N–H and O–H groups in total. The molecule has 0 spiro atoms. The molecule has 4 aliphatic rings. The van der Waals surface area contributed by atoms with E-state index in [-0.39, 0.29) is 5.91 Å². The molecule has 4 saturated carbocycles. The zero-order valence-electron chi connectivity index (χ0n) is 12.2. The molecular weight excluding hydrogens is 302 g/mol. The van der Waals surface area contributed by atoms with Crippen molar-refractivity contribution in [3.8, 4) is 0 Å². The summed E-state index contributed by atoms with van der Waals surface area (Å²) < 4.78 is 0.896. The van der Waals surface area contributed by atoms with Crippen molar-refractivity contribution in [2.75, 3.05) is 5.75 Å². The maximum atomic E-state index is 12.2. The minimum Gasteiger partial charge on any atom is -0.352 e. The van der Waals surface area contributed by atoms with Gasteiger partial charge in [-0.1, -0.05) is 23.1 Å². The van der Waals surface area contributed by atoms with E-state index in [1.54, 1.807) is 11.3 Å². The molecule has 114 valence electrons. The van der Waals surface area contributed by atoms with Gasteiger partial charge in [-0.3, -0.25) is 4.79 Å². The van der Waals surface area contributed by atoms with E-state index in [4.69, 9.17) is 0 Å². The maximum Gasteiger partial charge on any atom is 0.230 e. The number of carbonyl (C=O) groups excluding carboxylic acids is 1. The van der Waals surface area contributed by atoms with Gasteiger partial charge in [-0.15, -0.1) is 10.2 Å². The SMILES string of the molecule is Cc1nnc(SCC(=O)NC2C3CC4CC(C3)CC2C4)s1. The lowest BCUT2D eigenvalue weighted by Gasteiger charge is -2.54. The topological polar surface area (TPSA) is 54.9 Å². The Labute approximate surface area is 133 Å². The number of hydrogen-bond acceptors (Lipinski definition) is 5. The molecule has 5 rings (SSSR count). The van der Waals surface area contributed by atoms with Crippen LogP contribution >= 0.6 is 23.1 Å². The van der Waals surface area contributed by atoms with Gasteiger partial charge < -0.3 is 5.32 Å². The number of hydrogen-bond donors (Lipinski definition) is 1. The molecule has 1 aromatic heterocycles. The van der Waals surface area contributed by atoms with E-state index in [1.807, 2.05) is 6.92 Å². The third kappa shape index (κ3) is 2.84. The highest BCUT2D eigenvalue weighted by molar-refractivity contribution is 8.01. The smallest absolute Gasteiger partial charge is 0.230 e. The molecule has 0 aliphatic heterocycles. The first-order valence-corrected chi connectivity index (χ1v) is 9.70. The van der Waals surface area contributed by atoms with Crippen LogP contribution in [0, 0.1) is 30.6 Å². The summed E-state index contributed by atoms with van der Waals surface area (Å²) in [6.07, 6.45) is 6.85. The van der Waals surface area contributed by atoms with E-state index < -0.39 is 0 Å². The number of thioether (sulfide) groups is 1. The molecule has 0 saturated heterocycles. The van der Waals surface area contributed by atoms with Crippen molar-refractivity contribution in [1.29, 1.82) is 0 Å². The molecule has 6 heteroatoms. The van der Waals surface area contributed by atoms with E-state index in [1.165, 1.54) is 43.9 Å². The molecule has 1 aromatic rings. The van der Waals surface area contributed by atoms with Crippen LogP contribution in [0.1, 0.15) is 37.1 Å². The molecular formula is C15H21N3OS2. The van der Waals surface area contributed by atoms with Gasteiger partial charge in [-0.2, -0.15) is 0 Å². The summed E-state index contributed by atoms with van der Waals surface area (Å²) >= 11 is 3.07. The number of rotatable bonds is 4. The van der Waals surface area contributed by atoms with E-state index >= 15 is 0 Å². The van der Waals surface area contributed by atoms with Gasteiger partial charge in [0.2, 0.25) is 5.91 Å². The highest BCUT2D eigenvalue weighted by Gasteiger charge is 2.48. The Morgan fingerprint density at radius 1 is 1.19 bits per heavy atom. The van der Waals surface area contributed by atoms with Crippen molar-refractivity contribution in [2.45, 2.75) is 49.4 Å². The van der Waals surface area contributed by atoms with Gasteiger partial charge in [0.25, 0.3) is 0 Å². The van der Waals surface area contributed by atoms with Gasteiger partial charge in [0, 0.05) is 6.04 Å². The first-order valence-electron chi connectivity index (χ1n) is 7.89. The number of carbonyl (C=O) groups is 1. The Morgan fingerprint density at radius 3 is 2.43 bits per heavy atom.